The molecule has 2 nitrogen and oxygen atoms in total. The molecule has 0 aliphatic heterocycles. The predicted molar refractivity (Wildman–Crippen MR) is 131 cm³/mol. The van der Waals surface area contributed by atoms with E-state index < -0.39 is 8.32 Å². The van der Waals surface area contributed by atoms with Crippen molar-refractivity contribution in [3.8, 4) is 5.75 Å². The Balaban J connectivity index is 1.82. The molecule has 5 aromatic rings. The van der Waals surface area contributed by atoms with Crippen molar-refractivity contribution >= 4 is 34.8 Å². The first-order valence-corrected chi connectivity index (χ1v) is 12.4. The van der Waals surface area contributed by atoms with Crippen molar-refractivity contribution in [2.24, 2.45) is 0 Å². The van der Waals surface area contributed by atoms with Gasteiger partial charge in [-0.1, -0.05) is 109 Å². The van der Waals surface area contributed by atoms with Gasteiger partial charge >= 0.3 is 8.32 Å². The first kappa shape index (κ1) is 19.3. The summed E-state index contributed by atoms with van der Waals surface area (Å²) in [6.07, 6.45) is 0. The molecule has 0 N–H and O–H groups in total. The molecule has 0 saturated heterocycles. The number of aryl methyl sites for hydroxylation is 1. The Labute approximate surface area is 183 Å². The van der Waals surface area contributed by atoms with Gasteiger partial charge in [0, 0.05) is 11.1 Å². The van der Waals surface area contributed by atoms with Crippen molar-refractivity contribution in [3.05, 3.63) is 127 Å². The lowest BCUT2D eigenvalue weighted by Gasteiger charge is -2.33. The third-order valence-corrected chi connectivity index (χ3v) is 9.59. The van der Waals surface area contributed by atoms with Gasteiger partial charge in [-0.2, -0.15) is 0 Å². The molecule has 4 aromatic carbocycles. The van der Waals surface area contributed by atoms with Gasteiger partial charge in [0.25, 0.3) is 0 Å². The van der Waals surface area contributed by atoms with Gasteiger partial charge in [0.2, 0.25) is 0 Å². The summed E-state index contributed by atoms with van der Waals surface area (Å²) in [5.74, 6) is 0.824. The van der Waals surface area contributed by atoms with Crippen LogP contribution in [0.25, 0.3) is 10.9 Å². The molecule has 0 spiro atoms. The summed E-state index contributed by atoms with van der Waals surface area (Å²) >= 11 is 0. The van der Waals surface area contributed by atoms with E-state index in [1.165, 1.54) is 15.6 Å². The topological polar surface area (TPSA) is 22.1 Å². The molecular weight excluding hydrogens is 394 g/mol. The Morgan fingerprint density at radius 1 is 0.548 bits per heavy atom. The van der Waals surface area contributed by atoms with Crippen molar-refractivity contribution in [2.75, 3.05) is 0 Å². The van der Waals surface area contributed by atoms with Crippen LogP contribution in [0.4, 0.5) is 0 Å². The predicted octanol–water partition coefficient (Wildman–Crippen LogP) is 4.59. The van der Waals surface area contributed by atoms with Gasteiger partial charge in [0.15, 0.2) is 0 Å². The first-order chi connectivity index (χ1) is 15.3. The van der Waals surface area contributed by atoms with Crippen LogP contribution in [0.1, 0.15) is 5.69 Å². The van der Waals surface area contributed by atoms with E-state index in [9.17, 15) is 0 Å². The average Bonchev–Trinajstić information content (AvgIpc) is 2.84. The van der Waals surface area contributed by atoms with Gasteiger partial charge in [-0.3, -0.25) is 0 Å². The molecule has 0 amide bonds. The maximum atomic E-state index is 7.20. The molecule has 0 radical (unpaired) electrons. The molecule has 3 heteroatoms. The molecule has 0 aliphatic carbocycles. The molecule has 5 rings (SSSR count). The number of hydrogen-bond acceptors (Lipinski definition) is 2. The average molecular weight is 418 g/mol. The van der Waals surface area contributed by atoms with Gasteiger partial charge in [-0.15, -0.1) is 0 Å². The van der Waals surface area contributed by atoms with E-state index in [2.05, 4.69) is 109 Å². The van der Waals surface area contributed by atoms with Crippen LogP contribution < -0.4 is 20.0 Å². The Hall–Kier alpha value is -3.69. The highest BCUT2D eigenvalue weighted by molar-refractivity contribution is 7.07. The number of nitrogens with zero attached hydrogens (tertiary/aromatic N) is 1. The number of pyridine rings is 1. The summed E-state index contributed by atoms with van der Waals surface area (Å²) in [7, 11) is -2.84. The van der Waals surface area contributed by atoms with Crippen molar-refractivity contribution in [1.82, 2.24) is 4.98 Å². The lowest BCUT2D eigenvalue weighted by atomic mass is 10.2. The number of fused-ring (bicyclic) bond motifs is 1. The molecule has 150 valence electrons. The third kappa shape index (κ3) is 3.54. The van der Waals surface area contributed by atoms with Gasteiger partial charge < -0.3 is 4.43 Å². The fraction of sp³-hybridized carbons (Fsp3) is 0.0357. The minimum absolute atomic E-state index is 0.824. The fourth-order valence-electron chi connectivity index (χ4n) is 4.16. The Kier molecular flexibility index (Phi) is 5.10. The van der Waals surface area contributed by atoms with Crippen LogP contribution >= 0.6 is 0 Å². The van der Waals surface area contributed by atoms with E-state index in [1.807, 2.05) is 19.1 Å². The normalized spacial score (nSPS) is 11.4. The van der Waals surface area contributed by atoms with Gasteiger partial charge in [0.1, 0.15) is 11.3 Å². The highest BCUT2D eigenvalue weighted by Crippen LogP contribution is 2.26. The Morgan fingerprint density at radius 3 is 1.58 bits per heavy atom. The van der Waals surface area contributed by atoms with Gasteiger partial charge in [-0.25, -0.2) is 4.98 Å². The molecular formula is C28H23NOSi. The second-order valence-corrected chi connectivity index (χ2v) is 11.0. The van der Waals surface area contributed by atoms with E-state index in [4.69, 9.17) is 9.41 Å². The minimum atomic E-state index is -2.84. The Bertz CT molecular complexity index is 1210. The number of benzene rings is 4. The number of aromatic nitrogens is 1. The van der Waals surface area contributed by atoms with E-state index in [1.54, 1.807) is 0 Å². The molecule has 0 bridgehead atoms. The van der Waals surface area contributed by atoms with Crippen molar-refractivity contribution in [1.29, 1.82) is 0 Å². The maximum Gasteiger partial charge on any atom is 0.347 e. The molecule has 0 saturated carbocycles. The lowest BCUT2D eigenvalue weighted by molar-refractivity contribution is 0.582. The quantitative estimate of drug-likeness (QED) is 0.308. The number of hydrogen-bond donors (Lipinski definition) is 0. The van der Waals surface area contributed by atoms with Crippen LogP contribution in [0, 0.1) is 6.92 Å². The summed E-state index contributed by atoms with van der Waals surface area (Å²) < 4.78 is 7.20. The zero-order valence-corrected chi connectivity index (χ0v) is 18.4. The smallest absolute Gasteiger partial charge is 0.347 e. The van der Waals surface area contributed by atoms with E-state index in [0.717, 1.165) is 22.3 Å². The standard InChI is InChI=1S/C28H23NOSi/c1-22-20-21-23-12-11-19-27(28(23)29-22)30-31(24-13-5-2-6-14-24,25-15-7-3-8-16-25)26-17-9-4-10-18-26/h2-21H,1H3. The van der Waals surface area contributed by atoms with Crippen LogP contribution in [0.5, 0.6) is 5.75 Å². The van der Waals surface area contributed by atoms with Crippen LogP contribution in [0.3, 0.4) is 0 Å². The van der Waals surface area contributed by atoms with Gasteiger partial charge in [-0.05, 0) is 34.6 Å². The summed E-state index contributed by atoms with van der Waals surface area (Å²) in [4.78, 5) is 4.84. The van der Waals surface area contributed by atoms with E-state index >= 15 is 0 Å². The number of rotatable bonds is 5. The molecule has 0 atom stereocenters. The summed E-state index contributed by atoms with van der Waals surface area (Å²) in [5, 5.41) is 4.70. The van der Waals surface area contributed by atoms with Crippen LogP contribution in [0.15, 0.2) is 121 Å². The number of para-hydroxylation sites is 1. The molecule has 31 heavy (non-hydrogen) atoms. The second kappa shape index (κ2) is 8.21. The van der Waals surface area contributed by atoms with Gasteiger partial charge in [0.05, 0.1) is 0 Å². The lowest BCUT2D eigenvalue weighted by Crippen LogP contribution is -2.71. The first-order valence-electron chi connectivity index (χ1n) is 10.5. The minimum Gasteiger partial charge on any atom is -0.529 e. The second-order valence-electron chi connectivity index (χ2n) is 7.66. The summed E-state index contributed by atoms with van der Waals surface area (Å²) in [6, 6.07) is 42.2. The van der Waals surface area contributed by atoms with Crippen LogP contribution in [-0.4, -0.2) is 13.3 Å². The zero-order chi connectivity index (χ0) is 21.1. The van der Waals surface area contributed by atoms with Crippen molar-refractivity contribution in [3.63, 3.8) is 0 Å². The Morgan fingerprint density at radius 2 is 1.06 bits per heavy atom. The SMILES string of the molecule is Cc1ccc2cccc(O[Si](c3ccccc3)(c3ccccc3)c3ccccc3)c2n1. The van der Waals surface area contributed by atoms with E-state index in [0.29, 0.717) is 0 Å². The zero-order valence-electron chi connectivity index (χ0n) is 17.4. The van der Waals surface area contributed by atoms with Crippen LogP contribution in [0.2, 0.25) is 0 Å². The molecule has 0 aliphatic rings. The highest BCUT2D eigenvalue weighted by atomic mass is 28.4. The van der Waals surface area contributed by atoms with E-state index in [-0.39, 0.29) is 0 Å². The monoisotopic (exact) mass is 417 g/mol. The third-order valence-electron chi connectivity index (χ3n) is 5.63. The molecule has 1 heterocycles. The molecule has 0 fully saturated rings. The molecule has 1 aromatic heterocycles. The summed E-state index contributed by atoms with van der Waals surface area (Å²) in [5.41, 5.74) is 1.89. The van der Waals surface area contributed by atoms with Crippen molar-refractivity contribution < 1.29 is 4.43 Å². The molecule has 0 unspecified atom stereocenters. The highest BCUT2D eigenvalue weighted by Gasteiger charge is 2.44. The van der Waals surface area contributed by atoms with Crippen LogP contribution in [-0.2, 0) is 0 Å². The maximum absolute atomic E-state index is 7.20. The largest absolute Gasteiger partial charge is 0.529 e. The fourth-order valence-corrected chi connectivity index (χ4v) is 7.99. The van der Waals surface area contributed by atoms with Crippen molar-refractivity contribution in [2.45, 2.75) is 6.92 Å². The summed E-state index contributed by atoms with van der Waals surface area (Å²) in [6.45, 7) is 2.02.